The van der Waals surface area contributed by atoms with E-state index >= 15 is 0 Å². The molecule has 3 heterocycles. The second-order valence-electron chi connectivity index (χ2n) is 5.21. The first-order chi connectivity index (χ1) is 9.74. The molecule has 1 aromatic rings. The summed E-state index contributed by atoms with van der Waals surface area (Å²) in [6.45, 7) is 3.05. The van der Waals surface area contributed by atoms with E-state index < -0.39 is 10.8 Å². The fourth-order valence-corrected chi connectivity index (χ4v) is 3.68. The fraction of sp³-hybridized carbons (Fsp3) is 0.750. The van der Waals surface area contributed by atoms with Crippen molar-refractivity contribution >= 4 is 16.7 Å². The van der Waals surface area contributed by atoms with Crippen LogP contribution in [0, 0.1) is 0 Å². The second kappa shape index (κ2) is 6.01. The molecule has 0 bridgehead atoms. The number of carbonyl (C=O) groups is 1. The van der Waals surface area contributed by atoms with Crippen LogP contribution in [0.25, 0.3) is 0 Å². The normalized spacial score (nSPS) is 22.1. The van der Waals surface area contributed by atoms with Crippen molar-refractivity contribution in [1.29, 1.82) is 0 Å². The van der Waals surface area contributed by atoms with Gasteiger partial charge >= 0.3 is 0 Å². The van der Waals surface area contributed by atoms with Crippen LogP contribution < -0.4 is 5.32 Å². The van der Waals surface area contributed by atoms with E-state index in [1.165, 1.54) is 0 Å². The summed E-state index contributed by atoms with van der Waals surface area (Å²) in [4.78, 5) is 14.0. The molecule has 1 N–H and O–H groups in total. The van der Waals surface area contributed by atoms with Gasteiger partial charge in [0.25, 0.3) is 5.91 Å². The lowest BCUT2D eigenvalue weighted by molar-refractivity contribution is 0.0765. The van der Waals surface area contributed by atoms with Gasteiger partial charge < -0.3 is 10.2 Å². The first-order valence-electron chi connectivity index (χ1n) is 7.01. The fourth-order valence-electron chi connectivity index (χ4n) is 2.63. The molecule has 0 spiro atoms. The van der Waals surface area contributed by atoms with Gasteiger partial charge in [-0.25, -0.2) is 4.68 Å². The maximum absolute atomic E-state index is 12.3. The molecule has 2 aliphatic heterocycles. The number of rotatable bonds is 2. The Balaban J connectivity index is 1.66. The standard InChI is InChI=1S/C12H19N5O2S/c18-12(16-5-7-20(19)8-6-16)11-9-17(15-14-11)10-1-3-13-4-2-10/h9-10,13H,1-8H2. The van der Waals surface area contributed by atoms with Gasteiger partial charge in [-0.15, -0.1) is 5.10 Å². The minimum atomic E-state index is -0.775. The molecule has 0 atom stereocenters. The van der Waals surface area contributed by atoms with Gasteiger partial charge in [0.1, 0.15) is 0 Å². The summed E-state index contributed by atoms with van der Waals surface area (Å²) >= 11 is 0. The van der Waals surface area contributed by atoms with Gasteiger partial charge in [0, 0.05) is 35.4 Å². The van der Waals surface area contributed by atoms with E-state index in [-0.39, 0.29) is 5.91 Å². The number of nitrogens with one attached hydrogen (secondary N) is 1. The van der Waals surface area contributed by atoms with Gasteiger partial charge in [-0.05, 0) is 25.9 Å². The smallest absolute Gasteiger partial charge is 0.276 e. The van der Waals surface area contributed by atoms with Crippen molar-refractivity contribution in [2.75, 3.05) is 37.7 Å². The molecule has 0 unspecified atom stereocenters. The van der Waals surface area contributed by atoms with Crippen LogP contribution in [0.1, 0.15) is 29.4 Å². The number of carbonyl (C=O) groups excluding carboxylic acids is 1. The predicted octanol–water partition coefficient (Wildman–Crippen LogP) is -0.593. The van der Waals surface area contributed by atoms with Crippen molar-refractivity contribution < 1.29 is 9.00 Å². The molecule has 0 aromatic carbocycles. The summed E-state index contributed by atoms with van der Waals surface area (Å²) in [5, 5.41) is 11.4. The minimum Gasteiger partial charge on any atom is -0.335 e. The molecule has 3 rings (SSSR count). The van der Waals surface area contributed by atoms with Crippen molar-refractivity contribution in [1.82, 2.24) is 25.2 Å². The predicted molar refractivity (Wildman–Crippen MR) is 74.9 cm³/mol. The van der Waals surface area contributed by atoms with E-state index in [9.17, 15) is 9.00 Å². The molecule has 0 radical (unpaired) electrons. The van der Waals surface area contributed by atoms with E-state index in [1.54, 1.807) is 11.1 Å². The zero-order valence-corrected chi connectivity index (χ0v) is 12.1. The molecule has 1 aromatic heterocycles. The molecule has 0 aliphatic carbocycles. The molecule has 2 saturated heterocycles. The van der Waals surface area contributed by atoms with Crippen LogP contribution in [0.2, 0.25) is 0 Å². The van der Waals surface area contributed by atoms with Crippen molar-refractivity contribution in [2.24, 2.45) is 0 Å². The van der Waals surface area contributed by atoms with Gasteiger partial charge in [0.15, 0.2) is 5.69 Å². The Morgan fingerprint density at radius 2 is 2.00 bits per heavy atom. The third-order valence-electron chi connectivity index (χ3n) is 3.88. The highest BCUT2D eigenvalue weighted by Crippen LogP contribution is 2.17. The van der Waals surface area contributed by atoms with E-state index in [4.69, 9.17) is 0 Å². The van der Waals surface area contributed by atoms with Gasteiger partial charge in [0.2, 0.25) is 0 Å². The van der Waals surface area contributed by atoms with Crippen LogP contribution in [0.15, 0.2) is 6.20 Å². The number of aromatic nitrogens is 3. The summed E-state index contributed by atoms with van der Waals surface area (Å²) < 4.78 is 13.1. The zero-order chi connectivity index (χ0) is 13.9. The SMILES string of the molecule is O=C(c1cn(C2CCNCC2)nn1)N1CCS(=O)CC1. The number of amides is 1. The van der Waals surface area contributed by atoms with Gasteiger partial charge in [0.05, 0.1) is 12.2 Å². The Morgan fingerprint density at radius 1 is 1.30 bits per heavy atom. The second-order valence-corrected chi connectivity index (χ2v) is 6.90. The van der Waals surface area contributed by atoms with Crippen molar-refractivity contribution in [3.05, 3.63) is 11.9 Å². The Bertz CT molecular complexity index is 502. The maximum Gasteiger partial charge on any atom is 0.276 e. The van der Waals surface area contributed by atoms with Crippen molar-refractivity contribution in [3.8, 4) is 0 Å². The molecule has 0 saturated carbocycles. The van der Waals surface area contributed by atoms with Gasteiger partial charge in [-0.2, -0.15) is 0 Å². The van der Waals surface area contributed by atoms with E-state index in [1.807, 2.05) is 4.68 Å². The summed E-state index contributed by atoms with van der Waals surface area (Å²) in [5.74, 6) is 1.03. The van der Waals surface area contributed by atoms with E-state index in [2.05, 4.69) is 15.6 Å². The summed E-state index contributed by atoms with van der Waals surface area (Å²) in [7, 11) is -0.775. The van der Waals surface area contributed by atoms with Crippen LogP contribution in [-0.2, 0) is 10.8 Å². The zero-order valence-electron chi connectivity index (χ0n) is 11.3. The molecule has 1 amide bonds. The lowest BCUT2D eigenvalue weighted by Crippen LogP contribution is -2.41. The molecular formula is C12H19N5O2S. The van der Waals surface area contributed by atoms with E-state index in [0.717, 1.165) is 25.9 Å². The molecule has 7 nitrogen and oxygen atoms in total. The third kappa shape index (κ3) is 2.90. The Kier molecular flexibility index (Phi) is 4.11. The molecule has 110 valence electrons. The third-order valence-corrected chi connectivity index (χ3v) is 5.15. The van der Waals surface area contributed by atoms with Crippen LogP contribution in [-0.4, -0.2) is 67.7 Å². The molecule has 8 heteroatoms. The van der Waals surface area contributed by atoms with Gasteiger partial charge in [-0.3, -0.25) is 9.00 Å². The molecular weight excluding hydrogens is 278 g/mol. The lowest BCUT2D eigenvalue weighted by Gasteiger charge is -2.25. The van der Waals surface area contributed by atoms with Crippen LogP contribution in [0.4, 0.5) is 0 Å². The highest BCUT2D eigenvalue weighted by Gasteiger charge is 2.24. The number of hydrogen-bond acceptors (Lipinski definition) is 5. The van der Waals surface area contributed by atoms with Crippen LogP contribution in [0.3, 0.4) is 0 Å². The highest BCUT2D eigenvalue weighted by molar-refractivity contribution is 7.85. The highest BCUT2D eigenvalue weighted by atomic mass is 32.2. The number of piperidine rings is 1. The summed E-state index contributed by atoms with van der Waals surface area (Å²) in [6.07, 6.45) is 3.78. The monoisotopic (exact) mass is 297 g/mol. The topological polar surface area (TPSA) is 80.1 Å². The molecule has 2 fully saturated rings. The Labute approximate surface area is 120 Å². The van der Waals surface area contributed by atoms with E-state index in [0.29, 0.717) is 36.3 Å². The quantitative estimate of drug-likeness (QED) is 0.789. The largest absolute Gasteiger partial charge is 0.335 e. The number of nitrogens with zero attached hydrogens (tertiary/aromatic N) is 4. The maximum atomic E-state index is 12.3. The van der Waals surface area contributed by atoms with Crippen LogP contribution >= 0.6 is 0 Å². The summed E-state index contributed by atoms with van der Waals surface area (Å²) in [5.41, 5.74) is 0.399. The minimum absolute atomic E-state index is 0.0955. The molecule has 2 aliphatic rings. The number of hydrogen-bond donors (Lipinski definition) is 1. The average Bonchev–Trinajstić information content (AvgIpc) is 2.98. The first kappa shape index (κ1) is 13.7. The Morgan fingerprint density at radius 3 is 2.70 bits per heavy atom. The summed E-state index contributed by atoms with van der Waals surface area (Å²) in [6, 6.07) is 0.333. The van der Waals surface area contributed by atoms with Crippen molar-refractivity contribution in [2.45, 2.75) is 18.9 Å². The average molecular weight is 297 g/mol. The molecule has 20 heavy (non-hydrogen) atoms. The first-order valence-corrected chi connectivity index (χ1v) is 8.49. The lowest BCUT2D eigenvalue weighted by atomic mass is 10.1. The van der Waals surface area contributed by atoms with Crippen molar-refractivity contribution in [3.63, 3.8) is 0 Å². The van der Waals surface area contributed by atoms with Crippen LogP contribution in [0.5, 0.6) is 0 Å². The van der Waals surface area contributed by atoms with Gasteiger partial charge in [-0.1, -0.05) is 5.21 Å². The Hall–Kier alpha value is -1.28.